The van der Waals surface area contributed by atoms with Crippen molar-refractivity contribution in [2.24, 2.45) is 0 Å². The van der Waals surface area contributed by atoms with Crippen molar-refractivity contribution < 1.29 is 14.2 Å². The molecule has 4 heteroatoms. The van der Waals surface area contributed by atoms with Crippen LogP contribution in [0.2, 0.25) is 0 Å². The van der Waals surface area contributed by atoms with Crippen molar-refractivity contribution in [1.82, 2.24) is 4.90 Å². The molecule has 0 unspecified atom stereocenters. The minimum absolute atomic E-state index is 0.114. The quantitative estimate of drug-likeness (QED) is 0.519. The topological polar surface area (TPSA) is 30.9 Å². The van der Waals surface area contributed by atoms with Gasteiger partial charge in [-0.3, -0.25) is 4.90 Å². The van der Waals surface area contributed by atoms with Crippen molar-refractivity contribution in [1.29, 1.82) is 0 Å². The van der Waals surface area contributed by atoms with Crippen LogP contribution in [0, 0.1) is 0 Å². The van der Waals surface area contributed by atoms with Gasteiger partial charge in [0.1, 0.15) is 0 Å². The lowest BCUT2D eigenvalue weighted by Crippen LogP contribution is -2.37. The minimum atomic E-state index is -0.114. The molecule has 0 bridgehead atoms. The highest BCUT2D eigenvalue weighted by molar-refractivity contribution is 4.58. The average Bonchev–Trinajstić information content (AvgIpc) is 2.24. The van der Waals surface area contributed by atoms with Crippen LogP contribution in [0.1, 0.15) is 20.8 Å². The Kier molecular flexibility index (Phi) is 10.3. The van der Waals surface area contributed by atoms with Gasteiger partial charge in [0.2, 0.25) is 0 Å². The summed E-state index contributed by atoms with van der Waals surface area (Å²) >= 11 is 0. The fourth-order valence-corrected chi connectivity index (χ4v) is 1.34. The fourth-order valence-electron chi connectivity index (χ4n) is 1.34. The molecule has 0 spiro atoms. The third-order valence-electron chi connectivity index (χ3n) is 2.17. The molecular formula is C11H25NO3. The second-order valence-electron chi connectivity index (χ2n) is 3.23. The summed E-state index contributed by atoms with van der Waals surface area (Å²) in [5.74, 6) is 0. The number of hydrogen-bond donors (Lipinski definition) is 0. The van der Waals surface area contributed by atoms with Crippen LogP contribution >= 0.6 is 0 Å². The van der Waals surface area contributed by atoms with Crippen molar-refractivity contribution in [3.63, 3.8) is 0 Å². The first-order chi connectivity index (χ1) is 7.28. The lowest BCUT2D eigenvalue weighted by atomic mass is 10.4. The standard InChI is InChI=1S/C11H25NO3/c1-5-12(8-9-13-4)10-11(14-6-2)15-7-3/h11H,5-10H2,1-4H3. The van der Waals surface area contributed by atoms with Crippen molar-refractivity contribution in [3.05, 3.63) is 0 Å². The molecule has 0 aromatic carbocycles. The van der Waals surface area contributed by atoms with Crippen molar-refractivity contribution in [3.8, 4) is 0 Å². The van der Waals surface area contributed by atoms with E-state index in [1.165, 1.54) is 0 Å². The lowest BCUT2D eigenvalue weighted by Gasteiger charge is -2.25. The zero-order chi connectivity index (χ0) is 11.5. The number of methoxy groups -OCH3 is 1. The Morgan fingerprint density at radius 1 is 1.07 bits per heavy atom. The molecular weight excluding hydrogens is 194 g/mol. The Bertz CT molecular complexity index is 127. The van der Waals surface area contributed by atoms with Gasteiger partial charge in [0.25, 0.3) is 0 Å². The summed E-state index contributed by atoms with van der Waals surface area (Å²) < 4.78 is 16.0. The summed E-state index contributed by atoms with van der Waals surface area (Å²) in [6.07, 6.45) is -0.114. The molecule has 0 amide bonds. The molecule has 0 rings (SSSR count). The predicted molar refractivity (Wildman–Crippen MR) is 61.0 cm³/mol. The molecule has 0 aliphatic heterocycles. The molecule has 0 atom stereocenters. The Labute approximate surface area is 93.5 Å². The predicted octanol–water partition coefficient (Wildman–Crippen LogP) is 1.35. The molecule has 0 N–H and O–H groups in total. The van der Waals surface area contributed by atoms with Gasteiger partial charge in [-0.1, -0.05) is 6.92 Å². The molecule has 0 aromatic rings. The van der Waals surface area contributed by atoms with Crippen molar-refractivity contribution in [2.75, 3.05) is 46.6 Å². The van der Waals surface area contributed by atoms with Crippen LogP contribution in [0.25, 0.3) is 0 Å². The van der Waals surface area contributed by atoms with E-state index < -0.39 is 0 Å². The maximum Gasteiger partial charge on any atom is 0.170 e. The van der Waals surface area contributed by atoms with E-state index in [2.05, 4.69) is 11.8 Å². The number of rotatable bonds is 10. The van der Waals surface area contributed by atoms with Gasteiger partial charge < -0.3 is 14.2 Å². The Morgan fingerprint density at radius 3 is 2.07 bits per heavy atom. The van der Waals surface area contributed by atoms with Gasteiger partial charge in [-0.25, -0.2) is 0 Å². The van der Waals surface area contributed by atoms with Gasteiger partial charge in [0.15, 0.2) is 6.29 Å². The smallest absolute Gasteiger partial charge is 0.170 e. The summed E-state index contributed by atoms with van der Waals surface area (Å²) in [5.41, 5.74) is 0. The molecule has 0 fully saturated rings. The molecule has 0 heterocycles. The monoisotopic (exact) mass is 219 g/mol. The number of hydrogen-bond acceptors (Lipinski definition) is 4. The first-order valence-electron chi connectivity index (χ1n) is 5.72. The Morgan fingerprint density at radius 2 is 1.67 bits per heavy atom. The SMILES string of the molecule is CCOC(CN(CC)CCOC)OCC. The van der Waals surface area contributed by atoms with Gasteiger partial charge in [0.05, 0.1) is 6.61 Å². The maximum atomic E-state index is 5.49. The second kappa shape index (κ2) is 10.4. The summed E-state index contributed by atoms with van der Waals surface area (Å²) in [4.78, 5) is 2.26. The van der Waals surface area contributed by atoms with Gasteiger partial charge in [0, 0.05) is 33.4 Å². The lowest BCUT2D eigenvalue weighted by molar-refractivity contribution is -0.147. The molecule has 0 radical (unpaired) electrons. The summed E-state index contributed by atoms with van der Waals surface area (Å²) in [7, 11) is 1.72. The van der Waals surface area contributed by atoms with E-state index in [0.29, 0.717) is 13.2 Å². The number of nitrogens with zero attached hydrogens (tertiary/aromatic N) is 1. The van der Waals surface area contributed by atoms with Crippen LogP contribution in [0.4, 0.5) is 0 Å². The summed E-state index contributed by atoms with van der Waals surface area (Å²) in [6, 6.07) is 0. The molecule has 4 nitrogen and oxygen atoms in total. The molecule has 0 aliphatic carbocycles. The van der Waals surface area contributed by atoms with E-state index in [1.807, 2.05) is 13.8 Å². The van der Waals surface area contributed by atoms with Gasteiger partial charge >= 0.3 is 0 Å². The van der Waals surface area contributed by atoms with E-state index in [1.54, 1.807) is 7.11 Å². The molecule has 0 aromatic heterocycles. The van der Waals surface area contributed by atoms with E-state index in [0.717, 1.165) is 26.2 Å². The number of ether oxygens (including phenoxy) is 3. The Balaban J connectivity index is 3.85. The van der Waals surface area contributed by atoms with E-state index >= 15 is 0 Å². The first-order valence-corrected chi connectivity index (χ1v) is 5.72. The van der Waals surface area contributed by atoms with Gasteiger partial charge in [-0.2, -0.15) is 0 Å². The van der Waals surface area contributed by atoms with Crippen LogP contribution in [-0.2, 0) is 14.2 Å². The Hall–Kier alpha value is -0.160. The first kappa shape index (κ1) is 14.8. The zero-order valence-electron chi connectivity index (χ0n) is 10.5. The highest BCUT2D eigenvalue weighted by Crippen LogP contribution is 1.99. The summed E-state index contributed by atoms with van der Waals surface area (Å²) in [5, 5.41) is 0. The van der Waals surface area contributed by atoms with E-state index in [9.17, 15) is 0 Å². The number of likely N-dealkylation sites (N-methyl/N-ethyl adjacent to an activating group) is 1. The van der Waals surface area contributed by atoms with Gasteiger partial charge in [-0.15, -0.1) is 0 Å². The van der Waals surface area contributed by atoms with Crippen LogP contribution in [-0.4, -0.2) is 57.8 Å². The average molecular weight is 219 g/mol. The minimum Gasteiger partial charge on any atom is -0.383 e. The van der Waals surface area contributed by atoms with E-state index in [4.69, 9.17) is 14.2 Å². The third-order valence-corrected chi connectivity index (χ3v) is 2.17. The fraction of sp³-hybridized carbons (Fsp3) is 1.00. The van der Waals surface area contributed by atoms with Crippen LogP contribution in [0.15, 0.2) is 0 Å². The highest BCUT2D eigenvalue weighted by Gasteiger charge is 2.12. The van der Waals surface area contributed by atoms with E-state index in [-0.39, 0.29) is 6.29 Å². The summed E-state index contributed by atoms with van der Waals surface area (Å²) in [6.45, 7) is 10.9. The molecule has 92 valence electrons. The normalized spacial score (nSPS) is 11.6. The van der Waals surface area contributed by atoms with Crippen molar-refractivity contribution >= 4 is 0 Å². The van der Waals surface area contributed by atoms with Crippen LogP contribution in [0.3, 0.4) is 0 Å². The molecule has 0 aliphatic rings. The van der Waals surface area contributed by atoms with Crippen molar-refractivity contribution in [2.45, 2.75) is 27.1 Å². The van der Waals surface area contributed by atoms with Crippen LogP contribution in [0.5, 0.6) is 0 Å². The highest BCUT2D eigenvalue weighted by atomic mass is 16.7. The van der Waals surface area contributed by atoms with Crippen LogP contribution < -0.4 is 0 Å². The second-order valence-corrected chi connectivity index (χ2v) is 3.23. The molecule has 0 saturated carbocycles. The molecule has 15 heavy (non-hydrogen) atoms. The third kappa shape index (κ3) is 7.73. The molecule has 0 saturated heterocycles. The zero-order valence-corrected chi connectivity index (χ0v) is 10.5. The maximum absolute atomic E-state index is 5.49. The van der Waals surface area contributed by atoms with Gasteiger partial charge in [-0.05, 0) is 20.4 Å². The largest absolute Gasteiger partial charge is 0.383 e.